The van der Waals surface area contributed by atoms with Gasteiger partial charge in [-0.05, 0) is 38.5 Å². The maximum Gasteiger partial charge on any atom is 0.342 e. The molecule has 94 valence electrons. The second-order valence-electron chi connectivity index (χ2n) is 4.74. The molecule has 0 aliphatic carbocycles. The molecule has 0 aliphatic rings. The summed E-state index contributed by atoms with van der Waals surface area (Å²) in [6, 6.07) is 5.22. The largest absolute Gasteiger partial charge is 0.496 e. The Morgan fingerprint density at radius 1 is 1.35 bits per heavy atom. The molecule has 1 rings (SSSR count). The molecule has 0 spiro atoms. The highest BCUT2D eigenvalue weighted by Gasteiger charge is 2.20. The third-order valence-corrected chi connectivity index (χ3v) is 2.12. The minimum absolute atomic E-state index is 0.391. The summed E-state index contributed by atoms with van der Waals surface area (Å²) in [7, 11) is 1.52. The van der Waals surface area contributed by atoms with E-state index >= 15 is 0 Å². The predicted octanol–water partition coefficient (Wildman–Crippen LogP) is 2.11. The summed E-state index contributed by atoms with van der Waals surface area (Å²) in [6.45, 7) is 5.88. The van der Waals surface area contributed by atoms with Crippen molar-refractivity contribution >= 4 is 5.97 Å². The van der Waals surface area contributed by atoms with Gasteiger partial charge in [0, 0.05) is 6.54 Å². The monoisotopic (exact) mass is 237 g/mol. The van der Waals surface area contributed by atoms with E-state index in [9.17, 15) is 4.79 Å². The minimum Gasteiger partial charge on any atom is -0.496 e. The number of nitrogens with two attached hydrogens (primary N) is 1. The molecule has 0 bridgehead atoms. The van der Waals surface area contributed by atoms with Gasteiger partial charge in [0.05, 0.1) is 7.11 Å². The number of hydrogen-bond acceptors (Lipinski definition) is 4. The SMILES string of the molecule is COc1cc(CN)ccc1C(=O)OC(C)(C)C. The van der Waals surface area contributed by atoms with Crippen LogP contribution in [0.4, 0.5) is 0 Å². The van der Waals surface area contributed by atoms with Gasteiger partial charge in [0.2, 0.25) is 0 Å². The van der Waals surface area contributed by atoms with E-state index in [1.807, 2.05) is 20.8 Å². The molecule has 0 fully saturated rings. The first-order valence-electron chi connectivity index (χ1n) is 5.47. The zero-order valence-corrected chi connectivity index (χ0v) is 10.7. The van der Waals surface area contributed by atoms with Gasteiger partial charge >= 0.3 is 5.97 Å². The van der Waals surface area contributed by atoms with E-state index in [4.69, 9.17) is 15.2 Å². The Hall–Kier alpha value is -1.55. The molecule has 17 heavy (non-hydrogen) atoms. The molecule has 0 saturated carbocycles. The number of hydrogen-bond donors (Lipinski definition) is 1. The molecule has 1 aromatic carbocycles. The number of carbonyl (C=O) groups is 1. The normalized spacial score (nSPS) is 11.1. The summed E-state index contributed by atoms with van der Waals surface area (Å²) in [5, 5.41) is 0. The molecule has 0 unspecified atom stereocenters. The lowest BCUT2D eigenvalue weighted by molar-refractivity contribution is 0.00665. The van der Waals surface area contributed by atoms with Gasteiger partial charge in [0.15, 0.2) is 0 Å². The van der Waals surface area contributed by atoms with Gasteiger partial charge in [0.1, 0.15) is 16.9 Å². The molecule has 1 aromatic rings. The highest BCUT2D eigenvalue weighted by Crippen LogP contribution is 2.23. The van der Waals surface area contributed by atoms with Gasteiger partial charge < -0.3 is 15.2 Å². The minimum atomic E-state index is -0.519. The molecular formula is C13H19NO3. The first-order chi connectivity index (χ1) is 7.87. The van der Waals surface area contributed by atoms with Crippen LogP contribution in [-0.4, -0.2) is 18.7 Å². The fourth-order valence-corrected chi connectivity index (χ4v) is 1.36. The molecule has 0 radical (unpaired) electrons. The number of benzene rings is 1. The molecular weight excluding hydrogens is 218 g/mol. The highest BCUT2D eigenvalue weighted by atomic mass is 16.6. The van der Waals surface area contributed by atoms with Crippen LogP contribution in [0.1, 0.15) is 36.7 Å². The van der Waals surface area contributed by atoms with Crippen LogP contribution in [-0.2, 0) is 11.3 Å². The molecule has 4 heteroatoms. The van der Waals surface area contributed by atoms with Crippen molar-refractivity contribution in [2.24, 2.45) is 5.73 Å². The van der Waals surface area contributed by atoms with Gasteiger partial charge in [0.25, 0.3) is 0 Å². The fraction of sp³-hybridized carbons (Fsp3) is 0.462. The Morgan fingerprint density at radius 3 is 2.47 bits per heavy atom. The maximum absolute atomic E-state index is 11.9. The van der Waals surface area contributed by atoms with Gasteiger partial charge in [-0.15, -0.1) is 0 Å². The van der Waals surface area contributed by atoms with Crippen molar-refractivity contribution < 1.29 is 14.3 Å². The van der Waals surface area contributed by atoms with Crippen molar-refractivity contribution in [3.05, 3.63) is 29.3 Å². The van der Waals surface area contributed by atoms with E-state index in [1.165, 1.54) is 7.11 Å². The Morgan fingerprint density at radius 2 is 2.00 bits per heavy atom. The smallest absolute Gasteiger partial charge is 0.342 e. The van der Waals surface area contributed by atoms with Gasteiger partial charge in [-0.2, -0.15) is 0 Å². The Balaban J connectivity index is 3.01. The second-order valence-corrected chi connectivity index (χ2v) is 4.74. The zero-order chi connectivity index (χ0) is 13.1. The van der Waals surface area contributed by atoms with E-state index in [1.54, 1.807) is 18.2 Å². The lowest BCUT2D eigenvalue weighted by Gasteiger charge is -2.20. The van der Waals surface area contributed by atoms with Crippen LogP contribution in [0.15, 0.2) is 18.2 Å². The van der Waals surface area contributed by atoms with E-state index in [2.05, 4.69) is 0 Å². The van der Waals surface area contributed by atoms with Crippen LogP contribution >= 0.6 is 0 Å². The average molecular weight is 237 g/mol. The molecule has 0 aromatic heterocycles. The summed E-state index contributed by atoms with van der Waals surface area (Å²) < 4.78 is 10.5. The molecule has 0 atom stereocenters. The number of carbonyl (C=O) groups excluding carboxylic acids is 1. The van der Waals surface area contributed by atoms with Crippen LogP contribution in [0.3, 0.4) is 0 Å². The number of rotatable bonds is 3. The summed E-state index contributed by atoms with van der Waals surface area (Å²) in [4.78, 5) is 11.9. The highest BCUT2D eigenvalue weighted by molar-refractivity contribution is 5.92. The standard InChI is InChI=1S/C13H19NO3/c1-13(2,3)17-12(15)10-6-5-9(8-14)7-11(10)16-4/h5-7H,8,14H2,1-4H3. The predicted molar refractivity (Wildman–Crippen MR) is 66.1 cm³/mol. The first kappa shape index (κ1) is 13.5. The van der Waals surface area contributed by atoms with Crippen molar-refractivity contribution in [3.8, 4) is 5.75 Å². The van der Waals surface area contributed by atoms with Crippen LogP contribution < -0.4 is 10.5 Å². The van der Waals surface area contributed by atoms with Crippen LogP contribution in [0.2, 0.25) is 0 Å². The molecule has 0 saturated heterocycles. The van der Waals surface area contributed by atoms with Gasteiger partial charge in [-0.3, -0.25) is 0 Å². The molecule has 0 amide bonds. The van der Waals surface area contributed by atoms with Crippen LogP contribution in [0, 0.1) is 0 Å². The van der Waals surface area contributed by atoms with Crippen molar-refractivity contribution in [2.75, 3.05) is 7.11 Å². The topological polar surface area (TPSA) is 61.5 Å². The Kier molecular flexibility index (Phi) is 4.12. The first-order valence-corrected chi connectivity index (χ1v) is 5.47. The lowest BCUT2D eigenvalue weighted by atomic mass is 10.1. The molecule has 2 N–H and O–H groups in total. The Bertz CT molecular complexity index is 408. The van der Waals surface area contributed by atoms with E-state index < -0.39 is 11.6 Å². The summed E-state index contributed by atoms with van der Waals surface area (Å²) >= 11 is 0. The molecule has 0 aliphatic heterocycles. The molecule has 0 heterocycles. The van der Waals surface area contributed by atoms with Crippen molar-refractivity contribution in [1.29, 1.82) is 0 Å². The second kappa shape index (κ2) is 5.19. The summed E-state index contributed by atoms with van der Waals surface area (Å²) in [5.41, 5.74) is 6.34. The van der Waals surface area contributed by atoms with Crippen molar-refractivity contribution in [3.63, 3.8) is 0 Å². The number of ether oxygens (including phenoxy) is 2. The quantitative estimate of drug-likeness (QED) is 0.818. The summed E-state index contributed by atoms with van der Waals surface area (Å²) in [6.07, 6.45) is 0. The van der Waals surface area contributed by atoms with E-state index in [0.717, 1.165) is 5.56 Å². The third-order valence-electron chi connectivity index (χ3n) is 2.12. The van der Waals surface area contributed by atoms with Crippen LogP contribution in [0.25, 0.3) is 0 Å². The van der Waals surface area contributed by atoms with Crippen LogP contribution in [0.5, 0.6) is 5.75 Å². The van der Waals surface area contributed by atoms with Crippen molar-refractivity contribution in [2.45, 2.75) is 32.9 Å². The molecule has 4 nitrogen and oxygen atoms in total. The third kappa shape index (κ3) is 3.75. The van der Waals surface area contributed by atoms with E-state index in [0.29, 0.717) is 17.9 Å². The van der Waals surface area contributed by atoms with Gasteiger partial charge in [-0.1, -0.05) is 6.07 Å². The van der Waals surface area contributed by atoms with Gasteiger partial charge in [-0.25, -0.2) is 4.79 Å². The maximum atomic E-state index is 11.9. The zero-order valence-electron chi connectivity index (χ0n) is 10.7. The van der Waals surface area contributed by atoms with Crippen molar-refractivity contribution in [1.82, 2.24) is 0 Å². The van der Waals surface area contributed by atoms with E-state index in [-0.39, 0.29) is 0 Å². The lowest BCUT2D eigenvalue weighted by Crippen LogP contribution is -2.24. The Labute approximate surface area is 102 Å². The fourth-order valence-electron chi connectivity index (χ4n) is 1.36. The average Bonchev–Trinajstić information content (AvgIpc) is 2.25. The number of esters is 1. The summed E-state index contributed by atoms with van der Waals surface area (Å²) in [5.74, 6) is 0.0973. The number of methoxy groups -OCH3 is 1.